The van der Waals surface area contributed by atoms with Crippen LogP contribution in [0.15, 0.2) is 18.2 Å². The van der Waals surface area contributed by atoms with E-state index in [9.17, 15) is 0 Å². The zero-order chi connectivity index (χ0) is 15.0. The topological polar surface area (TPSA) is 53.1 Å². The van der Waals surface area contributed by atoms with Gasteiger partial charge in [0.1, 0.15) is 5.82 Å². The van der Waals surface area contributed by atoms with Crippen molar-refractivity contribution in [2.75, 3.05) is 18.9 Å². The van der Waals surface area contributed by atoms with E-state index in [1.165, 1.54) is 11.9 Å². The van der Waals surface area contributed by atoms with Crippen LogP contribution in [0.2, 0.25) is 0 Å². The number of nitrogens with two attached hydrogens (primary N) is 1. The highest BCUT2D eigenvalue weighted by atomic mass is 16.5. The number of imidazole rings is 1. The van der Waals surface area contributed by atoms with Gasteiger partial charge in [-0.25, -0.2) is 4.98 Å². The maximum atomic E-state index is 5.91. The smallest absolute Gasteiger partial charge is 0.115 e. The standard InChI is InChI=1S/C17H25N3O/c1-17(2,3)16-19-14-9-13(18)6-7-15(14)20(16)10-12-5-4-8-21-11-12/h6-7,9,12H,4-5,8,10-11,18H2,1-3H3. The van der Waals surface area contributed by atoms with Gasteiger partial charge in [-0.05, 0) is 31.0 Å². The third-order valence-corrected chi connectivity index (χ3v) is 4.14. The lowest BCUT2D eigenvalue weighted by molar-refractivity contribution is 0.0482. The van der Waals surface area contributed by atoms with E-state index in [2.05, 4.69) is 31.4 Å². The highest BCUT2D eigenvalue weighted by molar-refractivity contribution is 5.79. The van der Waals surface area contributed by atoms with E-state index in [0.717, 1.165) is 43.2 Å². The van der Waals surface area contributed by atoms with Crippen LogP contribution in [0.25, 0.3) is 11.0 Å². The van der Waals surface area contributed by atoms with Gasteiger partial charge in [0, 0.05) is 30.2 Å². The number of anilines is 1. The summed E-state index contributed by atoms with van der Waals surface area (Å²) in [6.45, 7) is 9.39. The van der Waals surface area contributed by atoms with Gasteiger partial charge in [-0.1, -0.05) is 20.8 Å². The number of ether oxygens (including phenoxy) is 1. The van der Waals surface area contributed by atoms with Crippen LogP contribution in [0.3, 0.4) is 0 Å². The van der Waals surface area contributed by atoms with Crippen LogP contribution in [0.5, 0.6) is 0 Å². The molecule has 1 fully saturated rings. The first-order valence-electron chi connectivity index (χ1n) is 7.79. The van der Waals surface area contributed by atoms with Crippen LogP contribution in [0.4, 0.5) is 5.69 Å². The molecule has 2 aromatic rings. The summed E-state index contributed by atoms with van der Waals surface area (Å²) < 4.78 is 8.00. The number of nitrogen functional groups attached to an aromatic ring is 1. The minimum absolute atomic E-state index is 0.0172. The van der Waals surface area contributed by atoms with Crippen molar-refractivity contribution in [1.82, 2.24) is 9.55 Å². The fraction of sp³-hybridized carbons (Fsp3) is 0.588. The molecule has 114 valence electrons. The molecule has 0 bridgehead atoms. The van der Waals surface area contributed by atoms with Crippen molar-refractivity contribution < 1.29 is 4.74 Å². The number of fused-ring (bicyclic) bond motifs is 1. The van der Waals surface area contributed by atoms with Crippen molar-refractivity contribution in [2.24, 2.45) is 5.92 Å². The Morgan fingerprint density at radius 1 is 1.38 bits per heavy atom. The van der Waals surface area contributed by atoms with Crippen LogP contribution in [0, 0.1) is 5.92 Å². The average molecular weight is 287 g/mol. The molecular formula is C17H25N3O. The van der Waals surface area contributed by atoms with E-state index in [1.807, 2.05) is 12.1 Å². The molecule has 1 aliphatic heterocycles. The number of benzene rings is 1. The van der Waals surface area contributed by atoms with E-state index in [0.29, 0.717) is 5.92 Å². The Bertz CT molecular complexity index is 633. The van der Waals surface area contributed by atoms with Crippen molar-refractivity contribution >= 4 is 16.7 Å². The highest BCUT2D eigenvalue weighted by Gasteiger charge is 2.25. The average Bonchev–Trinajstić information content (AvgIpc) is 2.78. The van der Waals surface area contributed by atoms with Crippen LogP contribution in [-0.2, 0) is 16.7 Å². The third kappa shape index (κ3) is 2.91. The molecule has 0 aliphatic carbocycles. The highest BCUT2D eigenvalue weighted by Crippen LogP contribution is 2.29. The summed E-state index contributed by atoms with van der Waals surface area (Å²) in [5, 5.41) is 0. The molecular weight excluding hydrogens is 262 g/mol. The van der Waals surface area contributed by atoms with E-state index in [4.69, 9.17) is 15.5 Å². The molecule has 0 amide bonds. The molecule has 0 saturated carbocycles. The molecule has 2 N–H and O–H groups in total. The molecule has 1 aromatic heterocycles. The van der Waals surface area contributed by atoms with Crippen molar-refractivity contribution in [3.8, 4) is 0 Å². The molecule has 3 rings (SSSR count). The number of nitrogens with zero attached hydrogens (tertiary/aromatic N) is 2. The fourth-order valence-electron chi connectivity index (χ4n) is 3.11. The van der Waals surface area contributed by atoms with Gasteiger partial charge in [-0.15, -0.1) is 0 Å². The second kappa shape index (κ2) is 5.34. The summed E-state index contributed by atoms with van der Waals surface area (Å²) in [6.07, 6.45) is 2.40. The number of aromatic nitrogens is 2. The van der Waals surface area contributed by atoms with Crippen LogP contribution in [-0.4, -0.2) is 22.8 Å². The van der Waals surface area contributed by atoms with Gasteiger partial charge in [0.25, 0.3) is 0 Å². The lowest BCUT2D eigenvalue weighted by Crippen LogP contribution is -2.26. The van der Waals surface area contributed by atoms with Gasteiger partial charge in [-0.2, -0.15) is 0 Å². The van der Waals surface area contributed by atoms with Crippen LogP contribution in [0.1, 0.15) is 39.4 Å². The zero-order valence-electron chi connectivity index (χ0n) is 13.2. The first-order valence-corrected chi connectivity index (χ1v) is 7.79. The summed E-state index contributed by atoms with van der Waals surface area (Å²) in [4.78, 5) is 4.85. The second-order valence-corrected chi connectivity index (χ2v) is 7.13. The van der Waals surface area contributed by atoms with Gasteiger partial charge in [0.05, 0.1) is 17.6 Å². The van der Waals surface area contributed by atoms with Gasteiger partial charge >= 0.3 is 0 Å². The molecule has 0 spiro atoms. The van der Waals surface area contributed by atoms with E-state index in [-0.39, 0.29) is 5.41 Å². The van der Waals surface area contributed by atoms with Crippen LogP contribution < -0.4 is 5.73 Å². The Hall–Kier alpha value is -1.55. The van der Waals surface area contributed by atoms with E-state index in [1.54, 1.807) is 0 Å². The second-order valence-electron chi connectivity index (χ2n) is 7.13. The monoisotopic (exact) mass is 287 g/mol. The summed E-state index contributed by atoms with van der Waals surface area (Å²) >= 11 is 0. The normalized spacial score (nSPS) is 20.0. The predicted octanol–water partition coefficient (Wildman–Crippen LogP) is 3.34. The summed E-state index contributed by atoms with van der Waals surface area (Å²) in [7, 11) is 0. The predicted molar refractivity (Wildman–Crippen MR) is 86.4 cm³/mol. The Labute approximate surface area is 126 Å². The SMILES string of the molecule is CC(C)(C)c1nc2cc(N)ccc2n1CC1CCCOC1. The first-order chi connectivity index (χ1) is 9.95. The van der Waals surface area contributed by atoms with E-state index < -0.39 is 0 Å². The molecule has 1 saturated heterocycles. The lowest BCUT2D eigenvalue weighted by atomic mass is 9.95. The van der Waals surface area contributed by atoms with Crippen molar-refractivity contribution in [2.45, 2.75) is 45.6 Å². The maximum absolute atomic E-state index is 5.91. The Morgan fingerprint density at radius 3 is 2.86 bits per heavy atom. The minimum atomic E-state index is 0.0172. The van der Waals surface area contributed by atoms with Gasteiger partial charge in [-0.3, -0.25) is 0 Å². The van der Waals surface area contributed by atoms with Crippen molar-refractivity contribution in [1.29, 1.82) is 0 Å². The molecule has 21 heavy (non-hydrogen) atoms. The molecule has 1 atom stereocenters. The number of rotatable bonds is 2. The Kier molecular flexibility index (Phi) is 3.66. The minimum Gasteiger partial charge on any atom is -0.399 e. The van der Waals surface area contributed by atoms with Crippen molar-refractivity contribution in [3.63, 3.8) is 0 Å². The van der Waals surface area contributed by atoms with Crippen molar-refractivity contribution in [3.05, 3.63) is 24.0 Å². The number of hydrogen-bond donors (Lipinski definition) is 1. The molecule has 1 unspecified atom stereocenters. The largest absolute Gasteiger partial charge is 0.399 e. The summed E-state index contributed by atoms with van der Waals surface area (Å²) in [5.74, 6) is 1.71. The maximum Gasteiger partial charge on any atom is 0.115 e. The zero-order valence-corrected chi connectivity index (χ0v) is 13.2. The Morgan fingerprint density at radius 2 is 2.19 bits per heavy atom. The quantitative estimate of drug-likeness (QED) is 0.862. The van der Waals surface area contributed by atoms with Crippen LogP contribution >= 0.6 is 0 Å². The van der Waals surface area contributed by atoms with Gasteiger partial charge in [0.15, 0.2) is 0 Å². The molecule has 1 aromatic carbocycles. The molecule has 4 nitrogen and oxygen atoms in total. The molecule has 1 aliphatic rings. The third-order valence-electron chi connectivity index (χ3n) is 4.14. The first kappa shape index (κ1) is 14.4. The Balaban J connectivity index is 2.04. The fourth-order valence-corrected chi connectivity index (χ4v) is 3.11. The summed E-state index contributed by atoms with van der Waals surface area (Å²) in [6, 6.07) is 6.03. The van der Waals surface area contributed by atoms with Gasteiger partial charge in [0.2, 0.25) is 0 Å². The van der Waals surface area contributed by atoms with Gasteiger partial charge < -0.3 is 15.0 Å². The van der Waals surface area contributed by atoms with E-state index >= 15 is 0 Å². The molecule has 4 heteroatoms. The summed E-state index contributed by atoms with van der Waals surface area (Å²) in [5.41, 5.74) is 8.87. The molecule has 0 radical (unpaired) electrons. The lowest BCUT2D eigenvalue weighted by Gasteiger charge is -2.26. The molecule has 2 heterocycles. The number of hydrogen-bond acceptors (Lipinski definition) is 3.